The standard InChI is InChI=1S/C18H26O4/c1-13(2)9-11-21-17(19)15-7-5-6-8-16(15)18(20)22-12-10-14(3)4/h5-8,13-14H,9-12H2,1-4H3/i5D,6D,7D,8D. The summed E-state index contributed by atoms with van der Waals surface area (Å²) in [4.78, 5) is 24.8. The van der Waals surface area contributed by atoms with Gasteiger partial charge in [-0.2, -0.15) is 0 Å². The minimum Gasteiger partial charge on any atom is -0.462 e. The topological polar surface area (TPSA) is 52.6 Å². The van der Waals surface area contributed by atoms with E-state index in [9.17, 15) is 9.59 Å². The Morgan fingerprint density at radius 1 is 0.909 bits per heavy atom. The van der Waals surface area contributed by atoms with Gasteiger partial charge in [0.2, 0.25) is 0 Å². The molecule has 0 radical (unpaired) electrons. The largest absolute Gasteiger partial charge is 0.462 e. The summed E-state index contributed by atoms with van der Waals surface area (Å²) in [7, 11) is 0. The Morgan fingerprint density at radius 3 is 1.59 bits per heavy atom. The highest BCUT2D eigenvalue weighted by Gasteiger charge is 2.19. The molecule has 0 saturated heterocycles. The van der Waals surface area contributed by atoms with Gasteiger partial charge in [0, 0.05) is 0 Å². The van der Waals surface area contributed by atoms with Gasteiger partial charge in [0.15, 0.2) is 0 Å². The van der Waals surface area contributed by atoms with Gasteiger partial charge in [-0.1, -0.05) is 39.8 Å². The molecule has 0 aliphatic carbocycles. The summed E-state index contributed by atoms with van der Waals surface area (Å²) in [6, 6.07) is -2.39. The van der Waals surface area contributed by atoms with Gasteiger partial charge in [-0.3, -0.25) is 0 Å². The van der Waals surface area contributed by atoms with E-state index in [1.54, 1.807) is 0 Å². The molecule has 122 valence electrons. The van der Waals surface area contributed by atoms with Crippen LogP contribution in [0.15, 0.2) is 24.2 Å². The van der Waals surface area contributed by atoms with Crippen LogP contribution in [0.4, 0.5) is 0 Å². The minimum absolute atomic E-state index is 0.0983. The molecule has 0 saturated carbocycles. The van der Waals surface area contributed by atoms with E-state index in [0.717, 1.165) is 0 Å². The Balaban J connectivity index is 3.21. The van der Waals surface area contributed by atoms with Crippen LogP contribution in [0.25, 0.3) is 0 Å². The van der Waals surface area contributed by atoms with Crippen molar-refractivity contribution < 1.29 is 24.5 Å². The molecule has 0 aliphatic heterocycles. The Kier molecular flexibility index (Phi) is 5.32. The molecule has 1 aromatic rings. The van der Waals surface area contributed by atoms with Crippen LogP contribution in [0.2, 0.25) is 0 Å². The molecule has 0 N–H and O–H groups in total. The van der Waals surface area contributed by atoms with Gasteiger partial charge in [0.1, 0.15) is 0 Å². The molecule has 0 aliphatic rings. The maximum absolute atomic E-state index is 12.4. The number of rotatable bonds is 8. The van der Waals surface area contributed by atoms with E-state index in [-0.39, 0.29) is 13.2 Å². The molecule has 22 heavy (non-hydrogen) atoms. The summed E-state index contributed by atoms with van der Waals surface area (Å²) in [6.45, 7) is 8.03. The molecule has 4 heteroatoms. The number of carbonyl (C=O) groups excluding carboxylic acids is 2. The number of hydrogen-bond donors (Lipinski definition) is 0. The van der Waals surface area contributed by atoms with Crippen molar-refractivity contribution in [1.29, 1.82) is 0 Å². The van der Waals surface area contributed by atoms with Crippen LogP contribution >= 0.6 is 0 Å². The molecule has 0 fully saturated rings. The zero-order valence-corrected chi connectivity index (χ0v) is 13.6. The Bertz CT molecular complexity index is 615. The van der Waals surface area contributed by atoms with Crippen LogP contribution in [0.5, 0.6) is 0 Å². The minimum atomic E-state index is -0.951. The quantitative estimate of drug-likeness (QED) is 0.679. The molecule has 0 amide bonds. The van der Waals surface area contributed by atoms with Gasteiger partial charge < -0.3 is 9.47 Å². The molecular formula is C18H26O4. The lowest BCUT2D eigenvalue weighted by Crippen LogP contribution is -2.15. The highest BCUT2D eigenvalue weighted by Crippen LogP contribution is 2.13. The third-order valence-corrected chi connectivity index (χ3v) is 2.95. The van der Waals surface area contributed by atoms with E-state index in [0.29, 0.717) is 24.7 Å². The molecule has 0 spiro atoms. The van der Waals surface area contributed by atoms with E-state index in [1.165, 1.54) is 0 Å². The number of hydrogen-bond acceptors (Lipinski definition) is 4. The third-order valence-electron chi connectivity index (χ3n) is 2.95. The first-order valence-corrected chi connectivity index (χ1v) is 7.52. The summed E-state index contributed by atoms with van der Waals surface area (Å²) in [5.74, 6) is -1.30. The van der Waals surface area contributed by atoms with E-state index in [2.05, 4.69) is 0 Å². The predicted octanol–water partition coefficient (Wildman–Crippen LogP) is 4.09. The molecule has 0 heterocycles. The van der Waals surface area contributed by atoms with E-state index < -0.39 is 47.2 Å². The van der Waals surface area contributed by atoms with Crippen LogP contribution in [-0.4, -0.2) is 25.2 Å². The first-order valence-electron chi connectivity index (χ1n) is 9.52. The molecule has 0 aromatic heterocycles. The van der Waals surface area contributed by atoms with Gasteiger partial charge in [-0.25, -0.2) is 9.59 Å². The lowest BCUT2D eigenvalue weighted by molar-refractivity contribution is 0.0440. The first kappa shape index (κ1) is 12.7. The van der Waals surface area contributed by atoms with Crippen LogP contribution in [0.3, 0.4) is 0 Å². The van der Waals surface area contributed by atoms with Gasteiger partial charge in [-0.05, 0) is 36.8 Å². The Morgan fingerprint density at radius 2 is 1.27 bits per heavy atom. The Labute approximate surface area is 138 Å². The second-order valence-electron chi connectivity index (χ2n) is 5.89. The van der Waals surface area contributed by atoms with Gasteiger partial charge in [0.05, 0.1) is 29.8 Å². The zero-order valence-electron chi connectivity index (χ0n) is 17.6. The third kappa shape index (κ3) is 6.29. The monoisotopic (exact) mass is 310 g/mol. The van der Waals surface area contributed by atoms with Crippen LogP contribution in [0.1, 0.15) is 66.7 Å². The summed E-state index contributed by atoms with van der Waals surface area (Å²) < 4.78 is 41.6. The van der Waals surface area contributed by atoms with Crippen molar-refractivity contribution in [2.75, 3.05) is 13.2 Å². The highest BCUT2D eigenvalue weighted by atomic mass is 16.5. The Hall–Kier alpha value is -1.84. The van der Waals surface area contributed by atoms with Crippen LogP contribution < -0.4 is 0 Å². The van der Waals surface area contributed by atoms with Gasteiger partial charge in [-0.15, -0.1) is 0 Å². The van der Waals surface area contributed by atoms with Crippen LogP contribution in [0, 0.1) is 11.8 Å². The number of ether oxygens (including phenoxy) is 2. The second-order valence-corrected chi connectivity index (χ2v) is 5.89. The molecule has 0 bridgehead atoms. The number of esters is 2. The number of benzene rings is 1. The molecular weight excluding hydrogens is 280 g/mol. The second kappa shape index (κ2) is 9.23. The summed E-state index contributed by atoms with van der Waals surface area (Å²) in [5, 5.41) is 0. The summed E-state index contributed by atoms with van der Waals surface area (Å²) >= 11 is 0. The number of carbonyl (C=O) groups is 2. The first-order chi connectivity index (χ1) is 12.1. The summed E-state index contributed by atoms with van der Waals surface area (Å²) in [6.07, 6.45) is 1.20. The van der Waals surface area contributed by atoms with Crippen molar-refractivity contribution in [3.8, 4) is 0 Å². The fourth-order valence-electron chi connectivity index (χ4n) is 1.54. The smallest absolute Gasteiger partial charge is 0.339 e. The van der Waals surface area contributed by atoms with E-state index in [4.69, 9.17) is 15.0 Å². The van der Waals surface area contributed by atoms with Crippen LogP contribution in [-0.2, 0) is 9.47 Å². The van der Waals surface area contributed by atoms with Crippen molar-refractivity contribution in [2.45, 2.75) is 40.5 Å². The lowest BCUT2D eigenvalue weighted by atomic mass is 10.1. The van der Waals surface area contributed by atoms with Crippen molar-refractivity contribution in [3.63, 3.8) is 0 Å². The van der Waals surface area contributed by atoms with Gasteiger partial charge in [0.25, 0.3) is 0 Å². The predicted molar refractivity (Wildman–Crippen MR) is 85.9 cm³/mol. The average Bonchev–Trinajstić information content (AvgIpc) is 2.54. The van der Waals surface area contributed by atoms with E-state index >= 15 is 0 Å². The SMILES string of the molecule is [2H]c1c([2H])c([2H])c(C(=O)OCCC(C)C)c(C(=O)OCCC(C)C)c1[2H]. The molecule has 1 rings (SSSR count). The van der Waals surface area contributed by atoms with Crippen molar-refractivity contribution in [2.24, 2.45) is 11.8 Å². The summed E-state index contributed by atoms with van der Waals surface area (Å²) in [5.41, 5.74) is -0.955. The van der Waals surface area contributed by atoms with Crippen molar-refractivity contribution >= 4 is 11.9 Å². The molecule has 4 nitrogen and oxygen atoms in total. The van der Waals surface area contributed by atoms with E-state index in [1.807, 2.05) is 27.7 Å². The van der Waals surface area contributed by atoms with Crippen molar-refractivity contribution in [1.82, 2.24) is 0 Å². The lowest BCUT2D eigenvalue weighted by Gasteiger charge is -2.11. The molecule has 0 unspecified atom stereocenters. The fraction of sp³-hybridized carbons (Fsp3) is 0.556. The fourth-order valence-corrected chi connectivity index (χ4v) is 1.54. The molecule has 1 aromatic carbocycles. The van der Waals surface area contributed by atoms with Gasteiger partial charge >= 0.3 is 11.9 Å². The maximum Gasteiger partial charge on any atom is 0.339 e. The zero-order chi connectivity index (χ0) is 20.0. The average molecular weight is 310 g/mol. The highest BCUT2D eigenvalue weighted by molar-refractivity contribution is 6.03. The maximum atomic E-state index is 12.4. The molecule has 0 atom stereocenters. The normalized spacial score (nSPS) is 13.4. The van der Waals surface area contributed by atoms with Crippen molar-refractivity contribution in [3.05, 3.63) is 35.3 Å².